The van der Waals surface area contributed by atoms with Crippen LogP contribution in [0.3, 0.4) is 0 Å². The van der Waals surface area contributed by atoms with Gasteiger partial charge in [0, 0.05) is 12.5 Å². The highest BCUT2D eigenvalue weighted by molar-refractivity contribution is 9.10. The minimum Gasteiger partial charge on any atom is -0.471 e. The number of nitrogens with one attached hydrogen (secondary N) is 1. The van der Waals surface area contributed by atoms with Crippen molar-refractivity contribution in [2.75, 3.05) is 19.7 Å². The third kappa shape index (κ3) is 3.17. The van der Waals surface area contributed by atoms with Crippen LogP contribution in [-0.2, 0) is 4.74 Å². The summed E-state index contributed by atoms with van der Waals surface area (Å²) in [4.78, 5) is 14.2. The molecule has 3 rings (SSSR count). The largest absolute Gasteiger partial charge is 0.471 e. The van der Waals surface area contributed by atoms with Crippen LogP contribution in [0.25, 0.3) is 0 Å². The van der Waals surface area contributed by atoms with E-state index in [9.17, 15) is 10.1 Å². The van der Waals surface area contributed by atoms with E-state index in [1.54, 1.807) is 0 Å². The fraction of sp³-hybridized carbons (Fsp3) is 0.615. The molecule has 2 saturated heterocycles. The van der Waals surface area contributed by atoms with Crippen LogP contribution in [0.1, 0.15) is 19.3 Å². The van der Waals surface area contributed by atoms with Crippen LogP contribution in [0.2, 0.25) is 0 Å². The van der Waals surface area contributed by atoms with Crippen LogP contribution in [0.5, 0.6) is 5.88 Å². The lowest BCUT2D eigenvalue weighted by Crippen LogP contribution is -2.41. The van der Waals surface area contributed by atoms with Crippen molar-refractivity contribution in [2.45, 2.75) is 31.0 Å². The van der Waals surface area contributed by atoms with Crippen molar-refractivity contribution in [3.05, 3.63) is 26.9 Å². The van der Waals surface area contributed by atoms with Crippen LogP contribution in [0.4, 0.5) is 5.69 Å². The Bertz CT molecular complexity index is 548. The molecule has 0 radical (unpaired) electrons. The molecule has 3 heterocycles. The van der Waals surface area contributed by atoms with Gasteiger partial charge in [-0.05, 0) is 41.9 Å². The average Bonchev–Trinajstić information content (AvgIpc) is 2.84. The van der Waals surface area contributed by atoms with E-state index in [4.69, 9.17) is 9.47 Å². The Morgan fingerprint density at radius 2 is 2.29 bits per heavy atom. The molecule has 2 aliphatic rings. The van der Waals surface area contributed by atoms with Gasteiger partial charge in [0.2, 0.25) is 5.88 Å². The summed E-state index contributed by atoms with van der Waals surface area (Å²) in [5, 5.41) is 14.0. The summed E-state index contributed by atoms with van der Waals surface area (Å²) in [5.74, 6) is 0.375. The van der Waals surface area contributed by atoms with Crippen LogP contribution in [-0.4, -0.2) is 41.3 Å². The second-order valence-corrected chi connectivity index (χ2v) is 6.28. The summed E-state index contributed by atoms with van der Waals surface area (Å²) in [6.07, 6.45) is 3.95. The van der Waals surface area contributed by atoms with E-state index in [0.29, 0.717) is 17.0 Å². The number of nitro groups is 1. The van der Waals surface area contributed by atoms with Gasteiger partial charge in [-0.2, -0.15) is 0 Å². The molecule has 0 bridgehead atoms. The number of nitrogens with zero attached hydrogens (tertiary/aromatic N) is 2. The Labute approximate surface area is 130 Å². The smallest absolute Gasteiger partial charge is 0.288 e. The summed E-state index contributed by atoms with van der Waals surface area (Å²) in [6.45, 7) is 2.46. The number of piperidine rings is 1. The van der Waals surface area contributed by atoms with Gasteiger partial charge in [-0.1, -0.05) is 0 Å². The molecule has 1 aromatic heterocycles. The lowest BCUT2D eigenvalue weighted by molar-refractivity contribution is -0.385. The van der Waals surface area contributed by atoms with Gasteiger partial charge in [-0.3, -0.25) is 10.1 Å². The highest BCUT2D eigenvalue weighted by Gasteiger charge is 2.42. The first kappa shape index (κ1) is 14.7. The zero-order valence-electron chi connectivity index (χ0n) is 11.4. The monoisotopic (exact) mass is 357 g/mol. The summed E-state index contributed by atoms with van der Waals surface area (Å²) in [7, 11) is 0. The van der Waals surface area contributed by atoms with Crippen LogP contribution >= 0.6 is 15.9 Å². The van der Waals surface area contributed by atoms with E-state index in [1.807, 2.05) is 0 Å². The second-order valence-electron chi connectivity index (χ2n) is 5.43. The molecule has 1 spiro atoms. The Kier molecular flexibility index (Phi) is 4.10. The topological polar surface area (TPSA) is 86.5 Å². The number of halogens is 1. The SMILES string of the molecule is O=[N+]([O-])c1cnc(OC2COC3(CCNCC3)C2)c(Br)c1. The molecule has 1 atom stereocenters. The van der Waals surface area contributed by atoms with Crippen molar-refractivity contribution in [3.8, 4) is 5.88 Å². The first-order chi connectivity index (χ1) is 10.1. The Morgan fingerprint density at radius 1 is 1.52 bits per heavy atom. The summed E-state index contributed by atoms with van der Waals surface area (Å²) < 4.78 is 12.3. The zero-order valence-corrected chi connectivity index (χ0v) is 13.0. The van der Waals surface area contributed by atoms with Crippen molar-refractivity contribution < 1.29 is 14.4 Å². The molecule has 2 fully saturated rings. The third-order valence-corrected chi connectivity index (χ3v) is 4.54. The molecular weight excluding hydrogens is 342 g/mol. The molecule has 1 unspecified atom stereocenters. The molecule has 7 nitrogen and oxygen atoms in total. The zero-order chi connectivity index (χ0) is 14.9. The van der Waals surface area contributed by atoms with Crippen LogP contribution in [0.15, 0.2) is 16.7 Å². The van der Waals surface area contributed by atoms with Gasteiger partial charge in [-0.25, -0.2) is 4.98 Å². The molecule has 0 aromatic carbocycles. The molecule has 1 N–H and O–H groups in total. The van der Waals surface area contributed by atoms with Crippen molar-refractivity contribution in [1.82, 2.24) is 10.3 Å². The molecule has 2 aliphatic heterocycles. The lowest BCUT2D eigenvalue weighted by Gasteiger charge is -2.32. The number of aromatic nitrogens is 1. The Hall–Kier alpha value is -1.25. The van der Waals surface area contributed by atoms with Gasteiger partial charge in [0.05, 0.1) is 21.6 Å². The number of rotatable bonds is 3. The van der Waals surface area contributed by atoms with E-state index in [-0.39, 0.29) is 17.4 Å². The summed E-state index contributed by atoms with van der Waals surface area (Å²) in [6, 6.07) is 1.40. The number of hydrogen-bond acceptors (Lipinski definition) is 6. The quantitative estimate of drug-likeness (QED) is 0.657. The van der Waals surface area contributed by atoms with Crippen molar-refractivity contribution in [3.63, 3.8) is 0 Å². The summed E-state index contributed by atoms with van der Waals surface area (Å²) >= 11 is 3.27. The van der Waals surface area contributed by atoms with Gasteiger partial charge >= 0.3 is 0 Å². The van der Waals surface area contributed by atoms with Gasteiger partial charge in [0.15, 0.2) is 0 Å². The van der Waals surface area contributed by atoms with Crippen LogP contribution < -0.4 is 10.1 Å². The Balaban J connectivity index is 1.66. The highest BCUT2D eigenvalue weighted by atomic mass is 79.9. The molecule has 8 heteroatoms. The predicted molar refractivity (Wildman–Crippen MR) is 78.4 cm³/mol. The maximum Gasteiger partial charge on any atom is 0.288 e. The first-order valence-electron chi connectivity index (χ1n) is 6.89. The van der Waals surface area contributed by atoms with Crippen molar-refractivity contribution in [1.29, 1.82) is 0 Å². The molecule has 1 aromatic rings. The van der Waals surface area contributed by atoms with Gasteiger partial charge in [-0.15, -0.1) is 0 Å². The van der Waals surface area contributed by atoms with E-state index in [1.165, 1.54) is 12.3 Å². The maximum atomic E-state index is 10.7. The average molecular weight is 358 g/mol. The Morgan fingerprint density at radius 3 is 2.95 bits per heavy atom. The normalized spacial score (nSPS) is 24.1. The molecule has 0 amide bonds. The highest BCUT2D eigenvalue weighted by Crippen LogP contribution is 2.36. The molecule has 0 aliphatic carbocycles. The number of hydrogen-bond donors (Lipinski definition) is 1. The van der Waals surface area contributed by atoms with Gasteiger partial charge in [0.1, 0.15) is 12.3 Å². The second kappa shape index (κ2) is 5.86. The van der Waals surface area contributed by atoms with E-state index in [0.717, 1.165) is 32.4 Å². The summed E-state index contributed by atoms with van der Waals surface area (Å²) in [5.41, 5.74) is -0.143. The van der Waals surface area contributed by atoms with Crippen molar-refractivity contribution >= 4 is 21.6 Å². The fourth-order valence-electron chi connectivity index (χ4n) is 2.87. The van der Waals surface area contributed by atoms with Gasteiger partial charge < -0.3 is 14.8 Å². The molecular formula is C13H16BrN3O4. The lowest BCUT2D eigenvalue weighted by atomic mass is 9.89. The number of pyridine rings is 1. The standard InChI is InChI=1S/C13H16BrN3O4/c14-11-5-9(17(18)19)7-16-12(11)21-10-6-13(20-8-10)1-3-15-4-2-13/h5,7,10,15H,1-4,6,8H2. The molecule has 21 heavy (non-hydrogen) atoms. The van der Waals surface area contributed by atoms with E-state index >= 15 is 0 Å². The van der Waals surface area contributed by atoms with E-state index < -0.39 is 4.92 Å². The minimum absolute atomic E-state index is 0.0617. The van der Waals surface area contributed by atoms with Crippen LogP contribution in [0, 0.1) is 10.1 Å². The first-order valence-corrected chi connectivity index (χ1v) is 7.69. The third-order valence-electron chi connectivity index (χ3n) is 3.97. The van der Waals surface area contributed by atoms with Crippen molar-refractivity contribution in [2.24, 2.45) is 0 Å². The van der Waals surface area contributed by atoms with Gasteiger partial charge in [0.25, 0.3) is 5.69 Å². The minimum atomic E-state index is -0.482. The maximum absolute atomic E-state index is 10.7. The predicted octanol–water partition coefficient (Wildman–Crippen LogP) is 2.04. The fourth-order valence-corrected chi connectivity index (χ4v) is 3.30. The molecule has 114 valence electrons. The van der Waals surface area contributed by atoms with E-state index in [2.05, 4.69) is 26.2 Å². The number of ether oxygens (including phenoxy) is 2. The molecule has 0 saturated carbocycles.